The fraction of sp³-hybridized carbons (Fsp3) is 0.533. The lowest BCUT2D eigenvalue weighted by Crippen LogP contribution is -2.43. The first-order chi connectivity index (χ1) is 11.5. The van der Waals surface area contributed by atoms with Gasteiger partial charge in [0.1, 0.15) is 5.76 Å². The van der Waals surface area contributed by atoms with Crippen LogP contribution < -0.4 is 5.32 Å². The van der Waals surface area contributed by atoms with Crippen molar-refractivity contribution in [1.29, 1.82) is 0 Å². The topological polar surface area (TPSA) is 114 Å². The fourth-order valence-electron chi connectivity index (χ4n) is 2.69. The molecule has 9 heteroatoms. The number of hydrogen-bond donors (Lipinski definition) is 1. The Labute approximate surface area is 138 Å². The molecule has 2 aromatic rings. The standard InChI is InChI=1S/C15H19N5O4/c1-9-7-12(19-23-9)15(22)20-5-3-11(4-6-20)14(21)16-8-13-17-10(2)18-24-13/h7,11H,3-6,8H2,1-2H3,(H,16,21). The number of hydrogen-bond acceptors (Lipinski definition) is 7. The quantitative estimate of drug-likeness (QED) is 0.881. The number of carbonyl (C=O) groups is 2. The lowest BCUT2D eigenvalue weighted by atomic mass is 9.95. The highest BCUT2D eigenvalue weighted by atomic mass is 16.5. The SMILES string of the molecule is Cc1noc(CNC(=O)C2CCN(C(=O)c3cc(C)on3)CC2)n1. The molecular formula is C15H19N5O4. The summed E-state index contributed by atoms with van der Waals surface area (Å²) in [5.74, 6) is 1.17. The molecule has 9 nitrogen and oxygen atoms in total. The van der Waals surface area contributed by atoms with Gasteiger partial charge in [-0.15, -0.1) is 0 Å². The highest BCUT2D eigenvalue weighted by Gasteiger charge is 2.29. The molecule has 3 rings (SSSR count). The van der Waals surface area contributed by atoms with Gasteiger partial charge in [-0.05, 0) is 26.7 Å². The zero-order chi connectivity index (χ0) is 17.1. The monoisotopic (exact) mass is 333 g/mol. The summed E-state index contributed by atoms with van der Waals surface area (Å²) >= 11 is 0. The summed E-state index contributed by atoms with van der Waals surface area (Å²) in [5, 5.41) is 10.2. The van der Waals surface area contributed by atoms with Crippen LogP contribution in [0, 0.1) is 19.8 Å². The zero-order valence-electron chi connectivity index (χ0n) is 13.6. The fourth-order valence-corrected chi connectivity index (χ4v) is 2.69. The third-order valence-corrected chi connectivity index (χ3v) is 3.98. The lowest BCUT2D eigenvalue weighted by molar-refractivity contribution is -0.126. The van der Waals surface area contributed by atoms with Crippen molar-refractivity contribution in [2.24, 2.45) is 5.92 Å². The van der Waals surface area contributed by atoms with Crippen LogP contribution in [0.1, 0.15) is 40.8 Å². The molecule has 0 radical (unpaired) electrons. The smallest absolute Gasteiger partial charge is 0.276 e. The Hall–Kier alpha value is -2.71. The van der Waals surface area contributed by atoms with Gasteiger partial charge in [-0.2, -0.15) is 4.98 Å². The maximum atomic E-state index is 12.3. The van der Waals surface area contributed by atoms with E-state index in [4.69, 9.17) is 9.05 Å². The molecule has 2 amide bonds. The summed E-state index contributed by atoms with van der Waals surface area (Å²) in [4.78, 5) is 30.2. The van der Waals surface area contributed by atoms with E-state index in [9.17, 15) is 9.59 Å². The van der Waals surface area contributed by atoms with Crippen LogP contribution in [-0.4, -0.2) is 45.1 Å². The summed E-state index contributed by atoms with van der Waals surface area (Å²) in [7, 11) is 0. The van der Waals surface area contributed by atoms with Gasteiger partial charge in [0, 0.05) is 25.1 Å². The summed E-state index contributed by atoms with van der Waals surface area (Å²) in [5.41, 5.74) is 0.308. The largest absolute Gasteiger partial charge is 0.361 e. The van der Waals surface area contributed by atoms with Crippen LogP contribution in [0.4, 0.5) is 0 Å². The first-order valence-electron chi connectivity index (χ1n) is 7.82. The minimum Gasteiger partial charge on any atom is -0.361 e. The number of aromatic nitrogens is 3. The van der Waals surface area contributed by atoms with E-state index in [1.165, 1.54) is 0 Å². The molecule has 1 fully saturated rings. The van der Waals surface area contributed by atoms with Gasteiger partial charge < -0.3 is 19.3 Å². The molecule has 0 atom stereocenters. The highest BCUT2D eigenvalue weighted by molar-refractivity contribution is 5.92. The van der Waals surface area contributed by atoms with Crippen LogP contribution in [0.25, 0.3) is 0 Å². The molecule has 0 saturated carbocycles. The second-order valence-electron chi connectivity index (χ2n) is 5.84. The van der Waals surface area contributed by atoms with Crippen molar-refractivity contribution in [3.05, 3.63) is 29.2 Å². The number of likely N-dealkylation sites (tertiary alicyclic amines) is 1. The molecule has 1 N–H and O–H groups in total. The van der Waals surface area contributed by atoms with Crippen molar-refractivity contribution in [1.82, 2.24) is 25.5 Å². The Morgan fingerprint density at radius 2 is 2.00 bits per heavy atom. The summed E-state index contributed by atoms with van der Waals surface area (Å²) in [6.07, 6.45) is 1.22. The molecule has 1 saturated heterocycles. The minimum absolute atomic E-state index is 0.0600. The molecule has 0 unspecified atom stereocenters. The normalized spacial score (nSPS) is 15.5. The number of rotatable bonds is 4. The van der Waals surface area contributed by atoms with E-state index in [0.29, 0.717) is 49.1 Å². The molecule has 0 aliphatic carbocycles. The average Bonchev–Trinajstić information content (AvgIpc) is 3.20. The first-order valence-corrected chi connectivity index (χ1v) is 7.82. The van der Waals surface area contributed by atoms with Crippen molar-refractivity contribution < 1.29 is 18.6 Å². The lowest BCUT2D eigenvalue weighted by Gasteiger charge is -2.30. The molecule has 3 heterocycles. The number of aryl methyl sites for hydroxylation is 2. The Morgan fingerprint density at radius 1 is 1.25 bits per heavy atom. The molecule has 128 valence electrons. The Kier molecular flexibility index (Phi) is 4.59. The number of piperidine rings is 1. The average molecular weight is 333 g/mol. The number of carbonyl (C=O) groups excluding carboxylic acids is 2. The van der Waals surface area contributed by atoms with Crippen LogP contribution in [0.15, 0.2) is 15.1 Å². The number of amides is 2. The molecule has 1 aliphatic heterocycles. The van der Waals surface area contributed by atoms with Crippen molar-refractivity contribution >= 4 is 11.8 Å². The van der Waals surface area contributed by atoms with Gasteiger partial charge in [0.15, 0.2) is 11.5 Å². The maximum absolute atomic E-state index is 12.3. The molecular weight excluding hydrogens is 314 g/mol. The van der Waals surface area contributed by atoms with E-state index in [0.717, 1.165) is 0 Å². The van der Waals surface area contributed by atoms with Gasteiger partial charge in [-0.1, -0.05) is 10.3 Å². The zero-order valence-corrected chi connectivity index (χ0v) is 13.6. The maximum Gasteiger partial charge on any atom is 0.276 e. The van der Waals surface area contributed by atoms with Gasteiger partial charge in [0.2, 0.25) is 11.8 Å². The van der Waals surface area contributed by atoms with Crippen LogP contribution in [0.3, 0.4) is 0 Å². The molecule has 0 bridgehead atoms. The highest BCUT2D eigenvalue weighted by Crippen LogP contribution is 2.19. The van der Waals surface area contributed by atoms with Gasteiger partial charge in [-0.25, -0.2) is 0 Å². The van der Waals surface area contributed by atoms with E-state index < -0.39 is 0 Å². The molecule has 24 heavy (non-hydrogen) atoms. The van der Waals surface area contributed by atoms with Gasteiger partial charge >= 0.3 is 0 Å². The Morgan fingerprint density at radius 3 is 2.58 bits per heavy atom. The van der Waals surface area contributed by atoms with Gasteiger partial charge in [0.05, 0.1) is 6.54 Å². The number of nitrogens with zero attached hydrogens (tertiary/aromatic N) is 4. The van der Waals surface area contributed by atoms with Gasteiger partial charge in [0.25, 0.3) is 5.91 Å². The third kappa shape index (κ3) is 3.61. The molecule has 0 spiro atoms. The Bertz CT molecular complexity index is 730. The van der Waals surface area contributed by atoms with Crippen LogP contribution in [0.5, 0.6) is 0 Å². The minimum atomic E-state index is -0.160. The second kappa shape index (κ2) is 6.81. The van der Waals surface area contributed by atoms with Crippen LogP contribution in [-0.2, 0) is 11.3 Å². The van der Waals surface area contributed by atoms with Crippen molar-refractivity contribution in [2.75, 3.05) is 13.1 Å². The third-order valence-electron chi connectivity index (χ3n) is 3.98. The first kappa shape index (κ1) is 16.2. The van der Waals surface area contributed by atoms with E-state index in [1.54, 1.807) is 24.8 Å². The van der Waals surface area contributed by atoms with E-state index in [1.807, 2.05) is 0 Å². The van der Waals surface area contributed by atoms with Crippen molar-refractivity contribution in [2.45, 2.75) is 33.2 Å². The molecule has 0 aromatic carbocycles. The number of nitrogens with one attached hydrogen (secondary N) is 1. The second-order valence-corrected chi connectivity index (χ2v) is 5.84. The summed E-state index contributed by atoms with van der Waals surface area (Å²) < 4.78 is 9.89. The van der Waals surface area contributed by atoms with Crippen molar-refractivity contribution in [3.8, 4) is 0 Å². The molecule has 1 aliphatic rings. The van der Waals surface area contributed by atoms with Crippen LogP contribution in [0.2, 0.25) is 0 Å². The van der Waals surface area contributed by atoms with E-state index in [-0.39, 0.29) is 24.3 Å². The summed E-state index contributed by atoms with van der Waals surface area (Å²) in [6, 6.07) is 1.62. The van der Waals surface area contributed by atoms with Gasteiger partial charge in [-0.3, -0.25) is 9.59 Å². The van der Waals surface area contributed by atoms with E-state index in [2.05, 4.69) is 20.6 Å². The van der Waals surface area contributed by atoms with Crippen LogP contribution >= 0.6 is 0 Å². The predicted octanol–water partition coefficient (Wildman–Crippen LogP) is 0.843. The summed E-state index contributed by atoms with van der Waals surface area (Å²) in [6.45, 7) is 4.71. The predicted molar refractivity (Wildman–Crippen MR) is 80.7 cm³/mol. The van der Waals surface area contributed by atoms with Crippen molar-refractivity contribution in [3.63, 3.8) is 0 Å². The van der Waals surface area contributed by atoms with E-state index >= 15 is 0 Å². The Balaban J connectivity index is 1.47. The molecule has 2 aromatic heterocycles.